The van der Waals surface area contributed by atoms with Gasteiger partial charge in [-0.3, -0.25) is 4.79 Å². The maximum atomic E-state index is 12.0. The number of hydrogen-bond acceptors (Lipinski definition) is 2. The van der Waals surface area contributed by atoms with Crippen LogP contribution in [-0.2, 0) is 9.53 Å². The third-order valence-corrected chi connectivity index (χ3v) is 2.73. The maximum absolute atomic E-state index is 12.0. The molecule has 0 N–H and O–H groups in total. The van der Waals surface area contributed by atoms with Gasteiger partial charge in [0.25, 0.3) is 0 Å². The third-order valence-electron chi connectivity index (χ3n) is 2.73. The average Bonchev–Trinajstić information content (AvgIpc) is 2.28. The van der Waals surface area contributed by atoms with Crippen LogP contribution >= 0.6 is 0 Å². The molecule has 0 aliphatic carbocycles. The van der Waals surface area contributed by atoms with Crippen LogP contribution in [-0.4, -0.2) is 36.6 Å². The molecule has 3 nitrogen and oxygen atoms in total. The van der Waals surface area contributed by atoms with Gasteiger partial charge >= 0.3 is 0 Å². The summed E-state index contributed by atoms with van der Waals surface area (Å²) in [6.45, 7) is 8.17. The van der Waals surface area contributed by atoms with Gasteiger partial charge in [0.05, 0.1) is 12.7 Å². The van der Waals surface area contributed by atoms with Crippen LogP contribution in [0.25, 0.3) is 0 Å². The summed E-state index contributed by atoms with van der Waals surface area (Å²) in [7, 11) is 0. The first-order chi connectivity index (χ1) is 7.19. The normalized spacial score (nSPS) is 23.0. The molecule has 1 atom stereocenters. The van der Waals surface area contributed by atoms with Crippen LogP contribution in [0.1, 0.15) is 33.6 Å². The average molecular weight is 211 g/mol. The van der Waals surface area contributed by atoms with Gasteiger partial charge in [-0.1, -0.05) is 19.9 Å². The molecule has 1 saturated heterocycles. The molecule has 15 heavy (non-hydrogen) atoms. The quantitative estimate of drug-likeness (QED) is 0.668. The second-order valence-corrected chi connectivity index (χ2v) is 3.95. The standard InChI is InChI=1S/C12H21NO2/c1-4-6-10(3)12(14)13-7-8-15-11(5-2)9-13/h6,11H,4-5,7-9H2,1-3H3/b10-6+. The summed E-state index contributed by atoms with van der Waals surface area (Å²) in [4.78, 5) is 13.9. The van der Waals surface area contributed by atoms with Gasteiger partial charge in [-0.05, 0) is 19.8 Å². The van der Waals surface area contributed by atoms with Crippen molar-refractivity contribution >= 4 is 5.91 Å². The van der Waals surface area contributed by atoms with Crippen LogP contribution in [0.15, 0.2) is 11.6 Å². The Bertz CT molecular complexity index is 248. The van der Waals surface area contributed by atoms with Crippen molar-refractivity contribution in [1.82, 2.24) is 4.90 Å². The van der Waals surface area contributed by atoms with Crippen LogP contribution in [0.5, 0.6) is 0 Å². The van der Waals surface area contributed by atoms with E-state index in [9.17, 15) is 4.79 Å². The predicted molar refractivity (Wildman–Crippen MR) is 60.7 cm³/mol. The molecular weight excluding hydrogens is 190 g/mol. The van der Waals surface area contributed by atoms with E-state index >= 15 is 0 Å². The molecular formula is C12H21NO2. The molecule has 1 fully saturated rings. The predicted octanol–water partition coefficient (Wildman–Crippen LogP) is 1.98. The molecule has 0 aromatic carbocycles. The van der Waals surface area contributed by atoms with E-state index in [1.807, 2.05) is 24.8 Å². The number of amides is 1. The zero-order valence-electron chi connectivity index (χ0n) is 9.95. The van der Waals surface area contributed by atoms with Crippen molar-refractivity contribution in [3.05, 3.63) is 11.6 Å². The highest BCUT2D eigenvalue weighted by atomic mass is 16.5. The Morgan fingerprint density at radius 2 is 2.27 bits per heavy atom. The molecule has 0 aromatic heterocycles. The van der Waals surface area contributed by atoms with Gasteiger partial charge in [0.2, 0.25) is 5.91 Å². The lowest BCUT2D eigenvalue weighted by Gasteiger charge is -2.32. The molecule has 1 aliphatic heterocycles. The van der Waals surface area contributed by atoms with E-state index in [4.69, 9.17) is 4.74 Å². The maximum Gasteiger partial charge on any atom is 0.249 e. The Labute approximate surface area is 92.1 Å². The van der Waals surface area contributed by atoms with Gasteiger partial charge in [-0.25, -0.2) is 0 Å². The van der Waals surface area contributed by atoms with Crippen LogP contribution in [0.3, 0.4) is 0 Å². The van der Waals surface area contributed by atoms with Gasteiger partial charge in [-0.2, -0.15) is 0 Å². The lowest BCUT2D eigenvalue weighted by Crippen LogP contribution is -2.45. The molecule has 1 rings (SSSR count). The molecule has 1 unspecified atom stereocenters. The van der Waals surface area contributed by atoms with E-state index < -0.39 is 0 Å². The lowest BCUT2D eigenvalue weighted by atomic mass is 10.1. The van der Waals surface area contributed by atoms with Crippen LogP contribution in [0.4, 0.5) is 0 Å². The summed E-state index contributed by atoms with van der Waals surface area (Å²) in [6, 6.07) is 0. The fraction of sp³-hybridized carbons (Fsp3) is 0.750. The zero-order chi connectivity index (χ0) is 11.3. The first kappa shape index (κ1) is 12.2. The van der Waals surface area contributed by atoms with Gasteiger partial charge in [0, 0.05) is 18.7 Å². The summed E-state index contributed by atoms with van der Waals surface area (Å²) >= 11 is 0. The number of ether oxygens (including phenoxy) is 1. The van der Waals surface area contributed by atoms with E-state index in [-0.39, 0.29) is 12.0 Å². The third kappa shape index (κ3) is 3.34. The number of allylic oxidation sites excluding steroid dienone is 1. The Kier molecular flexibility index (Phi) is 4.82. The highest BCUT2D eigenvalue weighted by molar-refractivity contribution is 5.92. The number of morpholine rings is 1. The van der Waals surface area contributed by atoms with Crippen molar-refractivity contribution in [1.29, 1.82) is 0 Å². The molecule has 0 saturated carbocycles. The second kappa shape index (κ2) is 5.91. The first-order valence-corrected chi connectivity index (χ1v) is 5.76. The van der Waals surface area contributed by atoms with Crippen LogP contribution in [0.2, 0.25) is 0 Å². The van der Waals surface area contributed by atoms with E-state index in [2.05, 4.69) is 6.92 Å². The fourth-order valence-electron chi connectivity index (χ4n) is 1.79. The highest BCUT2D eigenvalue weighted by Crippen LogP contribution is 2.11. The molecule has 1 amide bonds. The van der Waals surface area contributed by atoms with Gasteiger partial charge in [-0.15, -0.1) is 0 Å². The lowest BCUT2D eigenvalue weighted by molar-refractivity contribution is -0.134. The molecule has 1 heterocycles. The minimum Gasteiger partial charge on any atom is -0.375 e. The van der Waals surface area contributed by atoms with Crippen LogP contribution in [0, 0.1) is 0 Å². The summed E-state index contributed by atoms with van der Waals surface area (Å²) in [6.07, 6.45) is 4.09. The minimum absolute atomic E-state index is 0.165. The monoisotopic (exact) mass is 211 g/mol. The van der Waals surface area contributed by atoms with Crippen molar-refractivity contribution in [3.8, 4) is 0 Å². The zero-order valence-corrected chi connectivity index (χ0v) is 9.95. The summed E-state index contributed by atoms with van der Waals surface area (Å²) in [5.41, 5.74) is 0.856. The molecule has 0 spiro atoms. The van der Waals surface area contributed by atoms with Crippen molar-refractivity contribution in [2.45, 2.75) is 39.7 Å². The van der Waals surface area contributed by atoms with E-state index in [0.29, 0.717) is 6.61 Å². The second-order valence-electron chi connectivity index (χ2n) is 3.95. The van der Waals surface area contributed by atoms with E-state index in [0.717, 1.165) is 31.5 Å². The van der Waals surface area contributed by atoms with Crippen molar-refractivity contribution in [2.75, 3.05) is 19.7 Å². The van der Waals surface area contributed by atoms with Gasteiger partial charge in [0.15, 0.2) is 0 Å². The Morgan fingerprint density at radius 3 is 2.87 bits per heavy atom. The molecule has 86 valence electrons. The fourth-order valence-corrected chi connectivity index (χ4v) is 1.79. The molecule has 1 aliphatic rings. The number of hydrogen-bond donors (Lipinski definition) is 0. The minimum atomic E-state index is 0.165. The first-order valence-electron chi connectivity index (χ1n) is 5.76. The molecule has 3 heteroatoms. The highest BCUT2D eigenvalue weighted by Gasteiger charge is 2.23. The summed E-state index contributed by atoms with van der Waals surface area (Å²) < 4.78 is 5.53. The molecule has 0 aromatic rings. The molecule has 0 radical (unpaired) electrons. The van der Waals surface area contributed by atoms with E-state index in [1.54, 1.807) is 0 Å². The largest absolute Gasteiger partial charge is 0.375 e. The van der Waals surface area contributed by atoms with Crippen molar-refractivity contribution in [3.63, 3.8) is 0 Å². The Morgan fingerprint density at radius 1 is 1.53 bits per heavy atom. The Hall–Kier alpha value is -0.830. The van der Waals surface area contributed by atoms with Crippen molar-refractivity contribution in [2.24, 2.45) is 0 Å². The smallest absolute Gasteiger partial charge is 0.249 e. The van der Waals surface area contributed by atoms with E-state index in [1.165, 1.54) is 0 Å². The number of nitrogens with zero attached hydrogens (tertiary/aromatic N) is 1. The Balaban J connectivity index is 2.56. The van der Waals surface area contributed by atoms with Crippen LogP contribution < -0.4 is 0 Å². The van der Waals surface area contributed by atoms with Gasteiger partial charge in [0.1, 0.15) is 0 Å². The topological polar surface area (TPSA) is 29.5 Å². The number of rotatable bonds is 3. The summed E-state index contributed by atoms with van der Waals surface area (Å²) in [5.74, 6) is 0.165. The number of carbonyl (C=O) groups is 1. The number of carbonyl (C=O) groups excluding carboxylic acids is 1. The van der Waals surface area contributed by atoms with Crippen molar-refractivity contribution < 1.29 is 9.53 Å². The SMILES string of the molecule is CC/C=C(\C)C(=O)N1CCOC(CC)C1. The molecule has 0 bridgehead atoms. The van der Waals surface area contributed by atoms with Gasteiger partial charge < -0.3 is 9.64 Å². The summed E-state index contributed by atoms with van der Waals surface area (Å²) in [5, 5.41) is 0.